The summed E-state index contributed by atoms with van der Waals surface area (Å²) in [6.45, 7) is 1.97. The Morgan fingerprint density at radius 2 is 2.21 bits per heavy atom. The maximum Gasteiger partial charge on any atom is 0.176 e. The second-order valence-corrected chi connectivity index (χ2v) is 3.94. The number of pyridine rings is 1. The lowest BCUT2D eigenvalue weighted by molar-refractivity contribution is 0.849. The molecule has 2 N–H and O–H groups in total. The van der Waals surface area contributed by atoms with Crippen LogP contribution in [0.5, 0.6) is 0 Å². The van der Waals surface area contributed by atoms with Crippen LogP contribution in [0.15, 0.2) is 29.1 Å². The Kier molecular flexibility index (Phi) is 2.25. The normalized spacial score (nSPS) is 10.4. The van der Waals surface area contributed by atoms with E-state index < -0.39 is 0 Å². The monoisotopic (exact) mass is 252 g/mol. The van der Waals surface area contributed by atoms with Gasteiger partial charge in [0.15, 0.2) is 5.82 Å². The molecule has 2 aromatic rings. The van der Waals surface area contributed by atoms with Crippen LogP contribution in [0.1, 0.15) is 5.56 Å². The number of aryl methyl sites for hydroxylation is 1. The van der Waals surface area contributed by atoms with Crippen molar-refractivity contribution in [3.8, 4) is 5.82 Å². The number of nitrogen functional groups attached to an aromatic ring is 1. The van der Waals surface area contributed by atoms with Crippen LogP contribution in [0.2, 0.25) is 0 Å². The fourth-order valence-electron chi connectivity index (χ4n) is 1.17. The van der Waals surface area contributed by atoms with Gasteiger partial charge in [-0.3, -0.25) is 0 Å². The average molecular weight is 253 g/mol. The molecule has 0 atom stereocenters. The Bertz CT molecular complexity index is 464. The predicted molar refractivity (Wildman–Crippen MR) is 58.2 cm³/mol. The van der Waals surface area contributed by atoms with E-state index in [1.807, 2.05) is 13.1 Å². The van der Waals surface area contributed by atoms with Crippen molar-refractivity contribution < 1.29 is 0 Å². The molecule has 0 amide bonds. The van der Waals surface area contributed by atoms with Crippen LogP contribution in [-0.4, -0.2) is 14.8 Å². The first-order chi connectivity index (χ1) is 6.66. The third kappa shape index (κ3) is 1.63. The van der Waals surface area contributed by atoms with Gasteiger partial charge in [0, 0.05) is 16.9 Å². The van der Waals surface area contributed by atoms with E-state index in [2.05, 4.69) is 26.0 Å². The van der Waals surface area contributed by atoms with Gasteiger partial charge in [-0.1, -0.05) is 0 Å². The van der Waals surface area contributed by atoms with E-state index >= 15 is 0 Å². The summed E-state index contributed by atoms with van der Waals surface area (Å²) >= 11 is 3.30. The molecule has 0 spiro atoms. The minimum atomic E-state index is 0.600. The van der Waals surface area contributed by atoms with E-state index in [1.165, 1.54) is 0 Å². The second kappa shape index (κ2) is 3.42. The molecule has 0 radical (unpaired) electrons. The lowest BCUT2D eigenvalue weighted by Crippen LogP contribution is -2.02. The van der Waals surface area contributed by atoms with Gasteiger partial charge in [0.1, 0.15) is 0 Å². The fourth-order valence-corrected chi connectivity index (χ4v) is 1.52. The molecule has 72 valence electrons. The molecule has 0 aliphatic heterocycles. The zero-order valence-electron chi connectivity index (χ0n) is 7.61. The van der Waals surface area contributed by atoms with Gasteiger partial charge in [0.05, 0.1) is 11.9 Å². The van der Waals surface area contributed by atoms with Gasteiger partial charge in [-0.05, 0) is 34.5 Å². The van der Waals surface area contributed by atoms with Gasteiger partial charge in [0.2, 0.25) is 0 Å². The van der Waals surface area contributed by atoms with E-state index in [0.717, 1.165) is 10.0 Å². The fraction of sp³-hybridized carbons (Fsp3) is 0.111. The predicted octanol–water partition coefficient (Wildman–Crippen LogP) is 1.92. The molecule has 4 nitrogen and oxygen atoms in total. The smallest absolute Gasteiger partial charge is 0.176 e. The van der Waals surface area contributed by atoms with Crippen molar-refractivity contribution in [2.75, 3.05) is 5.73 Å². The Balaban J connectivity index is 2.52. The topological polar surface area (TPSA) is 56.7 Å². The van der Waals surface area contributed by atoms with Crippen molar-refractivity contribution in [3.63, 3.8) is 0 Å². The van der Waals surface area contributed by atoms with Crippen molar-refractivity contribution in [2.24, 2.45) is 0 Å². The van der Waals surface area contributed by atoms with Gasteiger partial charge < -0.3 is 5.73 Å². The van der Waals surface area contributed by atoms with Crippen LogP contribution in [0, 0.1) is 6.92 Å². The van der Waals surface area contributed by atoms with Gasteiger partial charge in [-0.15, -0.1) is 0 Å². The zero-order valence-corrected chi connectivity index (χ0v) is 9.19. The molecule has 0 saturated carbocycles. The van der Waals surface area contributed by atoms with E-state index in [9.17, 15) is 0 Å². The summed E-state index contributed by atoms with van der Waals surface area (Å²) in [5.41, 5.74) is 7.49. The highest BCUT2D eigenvalue weighted by Crippen LogP contribution is 2.18. The highest BCUT2D eigenvalue weighted by atomic mass is 79.9. The molecule has 2 aromatic heterocycles. The van der Waals surface area contributed by atoms with Gasteiger partial charge in [-0.25, -0.2) is 9.67 Å². The Hall–Kier alpha value is -1.36. The lowest BCUT2D eigenvalue weighted by atomic mass is 10.4. The van der Waals surface area contributed by atoms with E-state index in [4.69, 9.17) is 5.73 Å². The molecule has 14 heavy (non-hydrogen) atoms. The molecular weight excluding hydrogens is 244 g/mol. The number of hydrogen-bond acceptors (Lipinski definition) is 3. The molecule has 2 heterocycles. The third-order valence-electron chi connectivity index (χ3n) is 1.79. The zero-order chi connectivity index (χ0) is 10.1. The lowest BCUT2D eigenvalue weighted by Gasteiger charge is -2.03. The van der Waals surface area contributed by atoms with Gasteiger partial charge in [0.25, 0.3) is 0 Å². The van der Waals surface area contributed by atoms with Crippen LogP contribution in [0.3, 0.4) is 0 Å². The second-order valence-electron chi connectivity index (χ2n) is 3.03. The Labute approximate surface area is 89.9 Å². The minimum absolute atomic E-state index is 0.600. The number of anilines is 1. The number of hydrogen-bond donors (Lipinski definition) is 1. The largest absolute Gasteiger partial charge is 0.396 e. The maximum atomic E-state index is 5.81. The summed E-state index contributed by atoms with van der Waals surface area (Å²) < 4.78 is 2.53. The summed E-state index contributed by atoms with van der Waals surface area (Å²) in [5.74, 6) is 0.654. The molecule has 0 fully saturated rings. The van der Waals surface area contributed by atoms with Crippen LogP contribution in [0.4, 0.5) is 5.69 Å². The van der Waals surface area contributed by atoms with Crippen molar-refractivity contribution >= 4 is 21.6 Å². The minimum Gasteiger partial charge on any atom is -0.396 e. The van der Waals surface area contributed by atoms with Gasteiger partial charge >= 0.3 is 0 Å². The van der Waals surface area contributed by atoms with Crippen molar-refractivity contribution in [1.29, 1.82) is 0 Å². The molecule has 0 aliphatic rings. The molecule has 0 unspecified atom stereocenters. The highest BCUT2D eigenvalue weighted by molar-refractivity contribution is 9.10. The number of nitrogens with zero attached hydrogens (tertiary/aromatic N) is 3. The van der Waals surface area contributed by atoms with Crippen molar-refractivity contribution in [3.05, 3.63) is 34.7 Å². The van der Waals surface area contributed by atoms with Crippen LogP contribution in [-0.2, 0) is 0 Å². The van der Waals surface area contributed by atoms with Crippen LogP contribution in [0.25, 0.3) is 5.82 Å². The summed E-state index contributed by atoms with van der Waals surface area (Å²) in [5, 5.41) is 4.14. The number of nitrogens with two attached hydrogens (primary N) is 1. The first-order valence-corrected chi connectivity index (χ1v) is 4.89. The highest BCUT2D eigenvalue weighted by Gasteiger charge is 2.04. The van der Waals surface area contributed by atoms with E-state index in [1.54, 1.807) is 23.1 Å². The molecule has 5 heteroatoms. The Morgan fingerprint density at radius 1 is 1.43 bits per heavy atom. The van der Waals surface area contributed by atoms with Gasteiger partial charge in [-0.2, -0.15) is 5.10 Å². The van der Waals surface area contributed by atoms with Crippen LogP contribution >= 0.6 is 15.9 Å². The van der Waals surface area contributed by atoms with E-state index in [0.29, 0.717) is 11.5 Å². The van der Waals surface area contributed by atoms with Crippen molar-refractivity contribution in [1.82, 2.24) is 14.8 Å². The van der Waals surface area contributed by atoms with Crippen LogP contribution < -0.4 is 5.73 Å². The molecule has 0 aliphatic carbocycles. The number of rotatable bonds is 1. The molecule has 0 aromatic carbocycles. The molecule has 0 bridgehead atoms. The van der Waals surface area contributed by atoms with Crippen molar-refractivity contribution in [2.45, 2.75) is 6.92 Å². The SMILES string of the molecule is Cc1cnn(-c2ncc(Br)cc2N)c1. The number of halogens is 1. The number of aromatic nitrogens is 3. The van der Waals surface area contributed by atoms with E-state index in [-0.39, 0.29) is 0 Å². The summed E-state index contributed by atoms with van der Waals surface area (Å²) in [6, 6.07) is 1.80. The molecular formula is C9H9BrN4. The first-order valence-electron chi connectivity index (χ1n) is 4.09. The quantitative estimate of drug-likeness (QED) is 0.844. The Morgan fingerprint density at radius 3 is 2.79 bits per heavy atom. The molecule has 0 saturated heterocycles. The molecule has 2 rings (SSSR count). The summed E-state index contributed by atoms with van der Waals surface area (Å²) in [6.07, 6.45) is 5.35. The average Bonchev–Trinajstić information content (AvgIpc) is 2.51. The maximum absolute atomic E-state index is 5.81. The first kappa shape index (κ1) is 9.21. The summed E-state index contributed by atoms with van der Waals surface area (Å²) in [4.78, 5) is 4.19. The standard InChI is InChI=1S/C9H9BrN4/c1-6-3-13-14(5-6)9-8(11)2-7(10)4-12-9/h2-5H,11H2,1H3. The summed E-state index contributed by atoms with van der Waals surface area (Å²) in [7, 11) is 0. The third-order valence-corrected chi connectivity index (χ3v) is 2.22.